The molecule has 1 N–H and O–H groups in total. The Hall–Kier alpha value is -0.600. The number of hydrogen-bond donors (Lipinski definition) is 1. The molecule has 0 bridgehead atoms. The summed E-state index contributed by atoms with van der Waals surface area (Å²) in [5, 5.41) is 3.85. The molecule has 0 aromatic heterocycles. The molecule has 0 amide bonds. The van der Waals surface area contributed by atoms with E-state index in [0.717, 1.165) is 18.4 Å². The minimum atomic E-state index is -0.184. The highest BCUT2D eigenvalue weighted by Crippen LogP contribution is 2.36. The molecule has 15 heavy (non-hydrogen) atoms. The topological polar surface area (TPSA) is 12.0 Å². The molecule has 1 saturated carbocycles. The van der Waals surface area contributed by atoms with Crippen LogP contribution in [0, 0.1) is 17.7 Å². The first-order chi connectivity index (χ1) is 7.16. The highest BCUT2D eigenvalue weighted by Gasteiger charge is 2.31. The molecule has 0 spiro atoms. The lowest BCUT2D eigenvalue weighted by Crippen LogP contribution is -2.17. The van der Waals surface area contributed by atoms with Crippen LogP contribution in [0.1, 0.15) is 18.9 Å². The zero-order valence-electron chi connectivity index (χ0n) is 8.76. The second kappa shape index (κ2) is 4.50. The Morgan fingerprint density at radius 1 is 1.53 bits per heavy atom. The van der Waals surface area contributed by atoms with E-state index in [4.69, 9.17) is 11.6 Å². The van der Waals surface area contributed by atoms with Crippen LogP contribution in [0.25, 0.3) is 0 Å². The quantitative estimate of drug-likeness (QED) is 0.833. The molecule has 2 unspecified atom stereocenters. The average Bonchev–Trinajstić information content (AvgIpc) is 2.88. The molecule has 0 saturated heterocycles. The van der Waals surface area contributed by atoms with Crippen LogP contribution in [0.3, 0.4) is 0 Å². The van der Waals surface area contributed by atoms with E-state index in [1.165, 1.54) is 12.5 Å². The van der Waals surface area contributed by atoms with E-state index in [-0.39, 0.29) is 5.82 Å². The van der Waals surface area contributed by atoms with Crippen LogP contribution in [-0.4, -0.2) is 6.54 Å². The van der Waals surface area contributed by atoms with Gasteiger partial charge in [-0.2, -0.15) is 0 Å². The van der Waals surface area contributed by atoms with Crippen molar-refractivity contribution in [1.29, 1.82) is 0 Å². The summed E-state index contributed by atoms with van der Waals surface area (Å²) in [5.74, 6) is 1.43. The van der Waals surface area contributed by atoms with Crippen molar-refractivity contribution in [2.75, 3.05) is 6.54 Å². The predicted molar refractivity (Wildman–Crippen MR) is 60.4 cm³/mol. The zero-order chi connectivity index (χ0) is 10.8. The van der Waals surface area contributed by atoms with E-state index in [1.807, 2.05) is 0 Å². The Kier molecular flexibility index (Phi) is 3.27. The fraction of sp³-hybridized carbons (Fsp3) is 0.500. The van der Waals surface area contributed by atoms with Crippen molar-refractivity contribution in [3.05, 3.63) is 34.6 Å². The summed E-state index contributed by atoms with van der Waals surface area (Å²) in [6, 6.07) is 4.67. The van der Waals surface area contributed by atoms with Crippen molar-refractivity contribution in [1.82, 2.24) is 5.32 Å². The second-order valence-corrected chi connectivity index (χ2v) is 4.78. The van der Waals surface area contributed by atoms with E-state index >= 15 is 0 Å². The van der Waals surface area contributed by atoms with E-state index in [1.54, 1.807) is 12.1 Å². The lowest BCUT2D eigenvalue weighted by molar-refractivity contribution is 0.569. The minimum absolute atomic E-state index is 0.184. The molecule has 2 rings (SSSR count). The van der Waals surface area contributed by atoms with Gasteiger partial charge in [0.25, 0.3) is 0 Å². The van der Waals surface area contributed by atoms with Crippen LogP contribution in [0.2, 0.25) is 5.02 Å². The van der Waals surface area contributed by atoms with E-state index in [9.17, 15) is 4.39 Å². The Morgan fingerprint density at radius 3 is 2.93 bits per heavy atom. The molecule has 1 aliphatic rings. The van der Waals surface area contributed by atoms with Crippen molar-refractivity contribution >= 4 is 11.6 Å². The minimum Gasteiger partial charge on any atom is -0.312 e. The average molecular weight is 228 g/mol. The third-order valence-electron chi connectivity index (χ3n) is 3.01. The third-order valence-corrected chi connectivity index (χ3v) is 3.24. The number of rotatable bonds is 4. The van der Waals surface area contributed by atoms with Gasteiger partial charge in [0, 0.05) is 17.1 Å². The summed E-state index contributed by atoms with van der Waals surface area (Å²) in [4.78, 5) is 0. The van der Waals surface area contributed by atoms with Gasteiger partial charge < -0.3 is 5.32 Å². The highest BCUT2D eigenvalue weighted by molar-refractivity contribution is 6.30. The van der Waals surface area contributed by atoms with Crippen LogP contribution in [0.5, 0.6) is 0 Å². The standard InChI is InChI=1S/C12H15ClFN/c1-8-4-9(8)6-15-7-10-5-11(13)2-3-12(10)14/h2-3,5,8-9,15H,4,6-7H2,1H3. The lowest BCUT2D eigenvalue weighted by atomic mass is 10.2. The summed E-state index contributed by atoms with van der Waals surface area (Å²) in [7, 11) is 0. The van der Waals surface area contributed by atoms with Crippen molar-refractivity contribution < 1.29 is 4.39 Å². The summed E-state index contributed by atoms with van der Waals surface area (Å²) in [6.07, 6.45) is 1.30. The Morgan fingerprint density at radius 2 is 2.27 bits per heavy atom. The molecule has 0 heterocycles. The van der Waals surface area contributed by atoms with Crippen molar-refractivity contribution in [2.45, 2.75) is 19.9 Å². The maximum atomic E-state index is 13.3. The summed E-state index contributed by atoms with van der Waals surface area (Å²) < 4.78 is 13.3. The van der Waals surface area contributed by atoms with Crippen LogP contribution in [-0.2, 0) is 6.54 Å². The molecule has 2 atom stereocenters. The Labute approximate surface area is 94.6 Å². The molecule has 0 radical (unpaired) electrons. The van der Waals surface area contributed by atoms with Gasteiger partial charge in [0.05, 0.1) is 0 Å². The monoisotopic (exact) mass is 227 g/mol. The number of hydrogen-bond acceptors (Lipinski definition) is 1. The summed E-state index contributed by atoms with van der Waals surface area (Å²) in [5.41, 5.74) is 0.649. The molecule has 1 aliphatic carbocycles. The van der Waals surface area contributed by atoms with Gasteiger partial charge in [-0.25, -0.2) is 4.39 Å². The van der Waals surface area contributed by atoms with E-state index < -0.39 is 0 Å². The van der Waals surface area contributed by atoms with Gasteiger partial charge in [0.1, 0.15) is 5.82 Å². The maximum absolute atomic E-state index is 13.3. The zero-order valence-corrected chi connectivity index (χ0v) is 9.52. The van der Waals surface area contributed by atoms with Gasteiger partial charge in [-0.05, 0) is 43.0 Å². The van der Waals surface area contributed by atoms with E-state index in [0.29, 0.717) is 17.1 Å². The van der Waals surface area contributed by atoms with Crippen molar-refractivity contribution in [3.8, 4) is 0 Å². The molecule has 1 aromatic carbocycles. The molecular weight excluding hydrogens is 213 g/mol. The summed E-state index contributed by atoms with van der Waals surface area (Å²) >= 11 is 5.80. The number of halogens is 2. The van der Waals surface area contributed by atoms with Gasteiger partial charge in [-0.3, -0.25) is 0 Å². The Balaban J connectivity index is 1.84. The van der Waals surface area contributed by atoms with Gasteiger partial charge in [-0.1, -0.05) is 18.5 Å². The van der Waals surface area contributed by atoms with Gasteiger partial charge in [0.2, 0.25) is 0 Å². The van der Waals surface area contributed by atoms with E-state index in [2.05, 4.69) is 12.2 Å². The van der Waals surface area contributed by atoms with Gasteiger partial charge >= 0.3 is 0 Å². The normalized spacial score (nSPS) is 24.2. The van der Waals surface area contributed by atoms with Gasteiger partial charge in [-0.15, -0.1) is 0 Å². The largest absolute Gasteiger partial charge is 0.312 e. The first kappa shape index (κ1) is 10.9. The predicted octanol–water partition coefficient (Wildman–Crippen LogP) is 3.22. The lowest BCUT2D eigenvalue weighted by Gasteiger charge is -2.05. The van der Waals surface area contributed by atoms with Crippen molar-refractivity contribution in [3.63, 3.8) is 0 Å². The summed E-state index contributed by atoms with van der Waals surface area (Å²) in [6.45, 7) is 3.79. The molecular formula is C12H15ClFN. The molecule has 1 fully saturated rings. The fourth-order valence-corrected chi connectivity index (χ4v) is 1.95. The first-order valence-electron chi connectivity index (χ1n) is 5.31. The van der Waals surface area contributed by atoms with Crippen molar-refractivity contribution in [2.24, 2.45) is 11.8 Å². The number of benzene rings is 1. The fourth-order valence-electron chi connectivity index (χ4n) is 1.75. The maximum Gasteiger partial charge on any atom is 0.127 e. The molecule has 82 valence electrons. The SMILES string of the molecule is CC1CC1CNCc1cc(Cl)ccc1F. The third kappa shape index (κ3) is 2.93. The highest BCUT2D eigenvalue weighted by atomic mass is 35.5. The Bertz CT molecular complexity index is 353. The molecule has 1 nitrogen and oxygen atoms in total. The second-order valence-electron chi connectivity index (χ2n) is 4.34. The number of nitrogens with one attached hydrogen (secondary N) is 1. The first-order valence-corrected chi connectivity index (χ1v) is 5.69. The smallest absolute Gasteiger partial charge is 0.127 e. The molecule has 3 heteroatoms. The van der Waals surface area contributed by atoms with Crippen LogP contribution < -0.4 is 5.32 Å². The van der Waals surface area contributed by atoms with Crippen LogP contribution >= 0.6 is 11.6 Å². The van der Waals surface area contributed by atoms with Crippen LogP contribution in [0.4, 0.5) is 4.39 Å². The van der Waals surface area contributed by atoms with Gasteiger partial charge in [0.15, 0.2) is 0 Å². The molecule has 1 aromatic rings. The van der Waals surface area contributed by atoms with Crippen LogP contribution in [0.15, 0.2) is 18.2 Å². The molecule has 0 aliphatic heterocycles.